The fourth-order valence-corrected chi connectivity index (χ4v) is 1.77. The van der Waals surface area contributed by atoms with Crippen molar-refractivity contribution in [3.63, 3.8) is 0 Å². The maximum atomic E-state index is 11.2. The first-order chi connectivity index (χ1) is 7.44. The predicted molar refractivity (Wildman–Crippen MR) is 55.9 cm³/mol. The summed E-state index contributed by atoms with van der Waals surface area (Å²) in [6.07, 6.45) is 2.36. The first-order valence-corrected chi connectivity index (χ1v) is 5.46. The molecule has 0 aliphatic heterocycles. The third kappa shape index (κ3) is 1.68. The predicted octanol–water partition coefficient (Wildman–Crippen LogP) is 1.01. The molecule has 88 valence electrons. The van der Waals surface area contributed by atoms with Crippen LogP contribution in [0.5, 0.6) is 0 Å². The molecule has 0 amide bonds. The van der Waals surface area contributed by atoms with Gasteiger partial charge in [0.15, 0.2) is 11.4 Å². The Morgan fingerprint density at radius 2 is 2.19 bits per heavy atom. The molecule has 0 saturated heterocycles. The minimum absolute atomic E-state index is 0.230. The number of rotatable bonds is 4. The summed E-state index contributed by atoms with van der Waals surface area (Å²) in [4.78, 5) is 11.2. The lowest BCUT2D eigenvalue weighted by Crippen LogP contribution is -2.38. The van der Waals surface area contributed by atoms with E-state index in [2.05, 4.69) is 22.4 Å². The molecule has 0 spiro atoms. The highest BCUT2D eigenvalue weighted by Gasteiger charge is 2.38. The van der Waals surface area contributed by atoms with E-state index in [1.54, 1.807) is 13.8 Å². The SMILES string of the molecule is CC(c1nnnn1C(C)(C)C(=O)O)C1CC1. The topological polar surface area (TPSA) is 80.9 Å². The van der Waals surface area contributed by atoms with Crippen LogP contribution in [0.25, 0.3) is 0 Å². The van der Waals surface area contributed by atoms with Crippen LogP contribution < -0.4 is 0 Å². The van der Waals surface area contributed by atoms with E-state index in [0.29, 0.717) is 11.7 Å². The molecule has 0 bridgehead atoms. The van der Waals surface area contributed by atoms with Gasteiger partial charge in [-0.3, -0.25) is 0 Å². The highest BCUT2D eigenvalue weighted by Crippen LogP contribution is 2.41. The average Bonchev–Trinajstić information content (AvgIpc) is 2.93. The zero-order valence-electron chi connectivity index (χ0n) is 9.71. The molecule has 1 aliphatic rings. The van der Waals surface area contributed by atoms with Crippen molar-refractivity contribution in [2.45, 2.75) is 45.1 Å². The molecule has 0 radical (unpaired) electrons. The van der Waals surface area contributed by atoms with Gasteiger partial charge in [-0.15, -0.1) is 5.10 Å². The Bertz CT molecular complexity index is 409. The van der Waals surface area contributed by atoms with Gasteiger partial charge in [0.25, 0.3) is 0 Å². The van der Waals surface area contributed by atoms with Gasteiger partial charge in [-0.2, -0.15) is 0 Å². The van der Waals surface area contributed by atoms with E-state index in [0.717, 1.165) is 0 Å². The number of nitrogens with zero attached hydrogens (tertiary/aromatic N) is 4. The molecule has 6 nitrogen and oxygen atoms in total. The van der Waals surface area contributed by atoms with Gasteiger partial charge in [0.2, 0.25) is 0 Å². The lowest BCUT2D eigenvalue weighted by molar-refractivity contribution is -0.146. The molecule has 1 aromatic heterocycles. The highest BCUT2D eigenvalue weighted by molar-refractivity contribution is 5.75. The first-order valence-electron chi connectivity index (χ1n) is 5.46. The molecule has 1 saturated carbocycles. The summed E-state index contributed by atoms with van der Waals surface area (Å²) >= 11 is 0. The van der Waals surface area contributed by atoms with Crippen molar-refractivity contribution >= 4 is 5.97 Å². The van der Waals surface area contributed by atoms with Gasteiger partial charge in [-0.25, -0.2) is 9.48 Å². The Morgan fingerprint density at radius 3 is 2.69 bits per heavy atom. The smallest absolute Gasteiger partial charge is 0.331 e. The van der Waals surface area contributed by atoms with Gasteiger partial charge in [0.1, 0.15) is 0 Å². The maximum absolute atomic E-state index is 11.2. The third-order valence-electron chi connectivity index (χ3n) is 3.28. The van der Waals surface area contributed by atoms with E-state index < -0.39 is 11.5 Å². The van der Waals surface area contributed by atoms with Gasteiger partial charge >= 0.3 is 5.97 Å². The monoisotopic (exact) mass is 224 g/mol. The summed E-state index contributed by atoms with van der Waals surface area (Å²) in [6.45, 7) is 5.27. The van der Waals surface area contributed by atoms with Gasteiger partial charge < -0.3 is 5.11 Å². The summed E-state index contributed by atoms with van der Waals surface area (Å²) in [5.74, 6) is 0.585. The van der Waals surface area contributed by atoms with Gasteiger partial charge in [0.05, 0.1) is 0 Å². The van der Waals surface area contributed by atoms with E-state index in [1.807, 2.05) is 0 Å². The minimum atomic E-state index is -1.10. The first kappa shape index (κ1) is 11.0. The molecular weight excluding hydrogens is 208 g/mol. The average molecular weight is 224 g/mol. The van der Waals surface area contributed by atoms with Crippen molar-refractivity contribution in [2.24, 2.45) is 5.92 Å². The van der Waals surface area contributed by atoms with Crippen LogP contribution in [0.1, 0.15) is 45.4 Å². The number of aromatic nitrogens is 4. The van der Waals surface area contributed by atoms with Crippen molar-refractivity contribution in [1.82, 2.24) is 20.2 Å². The van der Waals surface area contributed by atoms with Crippen LogP contribution in [0.3, 0.4) is 0 Å². The summed E-state index contributed by atoms with van der Waals surface area (Å²) in [6, 6.07) is 0. The highest BCUT2D eigenvalue weighted by atomic mass is 16.4. The largest absolute Gasteiger partial charge is 0.479 e. The molecule has 1 N–H and O–H groups in total. The lowest BCUT2D eigenvalue weighted by Gasteiger charge is -2.22. The second-order valence-corrected chi connectivity index (χ2v) is 4.94. The maximum Gasteiger partial charge on any atom is 0.331 e. The van der Waals surface area contributed by atoms with Crippen LogP contribution in [0.2, 0.25) is 0 Å². The van der Waals surface area contributed by atoms with Crippen LogP contribution in [0.15, 0.2) is 0 Å². The summed E-state index contributed by atoms with van der Waals surface area (Å²) in [5, 5.41) is 20.5. The number of aliphatic carboxylic acids is 1. The van der Waals surface area contributed by atoms with Crippen molar-refractivity contribution in [3.8, 4) is 0 Å². The number of carboxylic acids is 1. The van der Waals surface area contributed by atoms with Crippen LogP contribution in [-0.4, -0.2) is 31.3 Å². The normalized spacial score (nSPS) is 18.4. The van der Waals surface area contributed by atoms with Crippen molar-refractivity contribution in [3.05, 3.63) is 5.82 Å². The Kier molecular flexibility index (Phi) is 2.44. The molecular formula is C10H16N4O2. The molecule has 1 unspecified atom stereocenters. The van der Waals surface area contributed by atoms with Crippen LogP contribution in [0.4, 0.5) is 0 Å². The van der Waals surface area contributed by atoms with Gasteiger partial charge in [-0.1, -0.05) is 6.92 Å². The summed E-state index contributed by atoms with van der Waals surface area (Å²) < 4.78 is 1.43. The minimum Gasteiger partial charge on any atom is -0.479 e. The lowest BCUT2D eigenvalue weighted by atomic mass is 10.0. The summed E-state index contributed by atoms with van der Waals surface area (Å²) in [7, 11) is 0. The van der Waals surface area contributed by atoms with Crippen LogP contribution in [0, 0.1) is 5.92 Å². The molecule has 1 fully saturated rings. The second kappa shape index (κ2) is 3.54. The van der Waals surface area contributed by atoms with E-state index in [4.69, 9.17) is 5.11 Å². The van der Waals surface area contributed by atoms with E-state index in [-0.39, 0.29) is 5.92 Å². The summed E-state index contributed by atoms with van der Waals surface area (Å²) in [5.41, 5.74) is -1.10. The fraction of sp³-hybridized carbons (Fsp3) is 0.800. The zero-order chi connectivity index (χ0) is 11.9. The molecule has 0 aromatic carbocycles. The molecule has 1 atom stereocenters. The molecule has 1 aromatic rings. The number of hydrogen-bond acceptors (Lipinski definition) is 4. The van der Waals surface area contributed by atoms with Crippen molar-refractivity contribution < 1.29 is 9.90 Å². The van der Waals surface area contributed by atoms with Gasteiger partial charge in [0, 0.05) is 5.92 Å². The number of carbonyl (C=O) groups is 1. The molecule has 1 aliphatic carbocycles. The Labute approximate surface area is 93.6 Å². The second-order valence-electron chi connectivity index (χ2n) is 4.94. The molecule has 1 heterocycles. The quantitative estimate of drug-likeness (QED) is 0.825. The standard InChI is InChI=1S/C10H16N4O2/c1-6(7-4-5-7)8-11-12-13-14(8)10(2,3)9(15)16/h6-7H,4-5H2,1-3H3,(H,15,16). The zero-order valence-corrected chi connectivity index (χ0v) is 9.71. The van der Waals surface area contributed by atoms with E-state index in [9.17, 15) is 4.79 Å². The Hall–Kier alpha value is -1.46. The molecule has 2 rings (SSSR count). The number of hydrogen-bond donors (Lipinski definition) is 1. The van der Waals surface area contributed by atoms with Crippen LogP contribution >= 0.6 is 0 Å². The number of tetrazole rings is 1. The van der Waals surface area contributed by atoms with Crippen molar-refractivity contribution in [1.29, 1.82) is 0 Å². The fourth-order valence-electron chi connectivity index (χ4n) is 1.77. The van der Waals surface area contributed by atoms with E-state index >= 15 is 0 Å². The van der Waals surface area contributed by atoms with Crippen molar-refractivity contribution in [2.75, 3.05) is 0 Å². The Balaban J connectivity index is 2.34. The van der Waals surface area contributed by atoms with Crippen LogP contribution in [-0.2, 0) is 10.3 Å². The molecule has 16 heavy (non-hydrogen) atoms. The van der Waals surface area contributed by atoms with Gasteiger partial charge in [-0.05, 0) is 43.0 Å². The molecule has 6 heteroatoms. The number of carboxylic acid groups (broad SMARTS) is 1. The third-order valence-corrected chi connectivity index (χ3v) is 3.28. The van der Waals surface area contributed by atoms with E-state index in [1.165, 1.54) is 17.5 Å². The Morgan fingerprint density at radius 1 is 1.56 bits per heavy atom.